The van der Waals surface area contributed by atoms with Crippen LogP contribution in [0.5, 0.6) is 0 Å². The smallest absolute Gasteiger partial charge is 0.101 e. The van der Waals surface area contributed by atoms with Gasteiger partial charge in [-0.15, -0.1) is 0 Å². The van der Waals surface area contributed by atoms with Crippen LogP contribution in [0.2, 0.25) is 0 Å². The van der Waals surface area contributed by atoms with Gasteiger partial charge < -0.3 is 9.59 Å². The number of aliphatic hydroxyl groups is 1. The highest BCUT2D eigenvalue weighted by Gasteiger charge is 2.06. The molecule has 0 fully saturated rings. The lowest BCUT2D eigenvalue weighted by molar-refractivity contribution is -0.870. The molecule has 0 aliphatic heterocycles. The number of hydrogen-bond acceptors (Lipinski definition) is 2. The summed E-state index contributed by atoms with van der Waals surface area (Å²) in [5.74, 6) is 0. The maximum Gasteiger partial charge on any atom is 0.101 e. The fourth-order valence-electron chi connectivity index (χ4n) is 2.47. The van der Waals surface area contributed by atoms with E-state index < -0.39 is 0 Å². The van der Waals surface area contributed by atoms with Gasteiger partial charge in [0.1, 0.15) is 6.54 Å². The van der Waals surface area contributed by atoms with Crippen LogP contribution >= 0.6 is 0 Å². The minimum atomic E-state index is 0.281. The molecule has 3 rings (SSSR count). The van der Waals surface area contributed by atoms with Gasteiger partial charge in [0.15, 0.2) is 0 Å². The highest BCUT2D eigenvalue weighted by Crippen LogP contribution is 2.27. The molecule has 0 unspecified atom stereocenters. The van der Waals surface area contributed by atoms with E-state index in [0.29, 0.717) is 0 Å². The van der Waals surface area contributed by atoms with Gasteiger partial charge in [0.05, 0.1) is 33.4 Å². The SMILES string of the molecule is C=C(c1ccccn1)c1cccc2ccccc12.C[N+](C)(C)CCO. The normalized spacial score (nSPS) is 10.9. The van der Waals surface area contributed by atoms with Gasteiger partial charge in [-0.25, -0.2) is 0 Å². The van der Waals surface area contributed by atoms with Gasteiger partial charge in [0.2, 0.25) is 0 Å². The first-order chi connectivity index (χ1) is 11.9. The standard InChI is InChI=1S/C17H13N.C5H14NO/c1-13(17-11-4-5-12-18-17)15-10-6-8-14-7-2-3-9-16(14)15;1-6(2,3)4-5-7/h2-12H,1H2;7H,4-5H2,1-3H3/q;+1. The molecule has 25 heavy (non-hydrogen) atoms. The van der Waals surface area contributed by atoms with E-state index in [1.165, 1.54) is 10.8 Å². The van der Waals surface area contributed by atoms with Crippen LogP contribution in [0, 0.1) is 0 Å². The molecule has 0 saturated heterocycles. The fourth-order valence-corrected chi connectivity index (χ4v) is 2.47. The topological polar surface area (TPSA) is 33.1 Å². The van der Waals surface area contributed by atoms with E-state index in [0.717, 1.165) is 27.9 Å². The summed E-state index contributed by atoms with van der Waals surface area (Å²) in [5, 5.41) is 10.8. The van der Waals surface area contributed by atoms with Crippen LogP contribution in [0.25, 0.3) is 16.3 Å². The van der Waals surface area contributed by atoms with Crippen LogP contribution in [0.4, 0.5) is 0 Å². The average Bonchev–Trinajstić information content (AvgIpc) is 2.61. The summed E-state index contributed by atoms with van der Waals surface area (Å²) in [6.07, 6.45) is 1.80. The lowest BCUT2D eigenvalue weighted by Gasteiger charge is -2.21. The molecule has 1 N–H and O–H groups in total. The first-order valence-electron chi connectivity index (χ1n) is 8.42. The Balaban J connectivity index is 0.000000277. The summed E-state index contributed by atoms with van der Waals surface area (Å²) in [6.45, 7) is 5.30. The zero-order valence-electron chi connectivity index (χ0n) is 15.3. The van der Waals surface area contributed by atoms with Crippen molar-refractivity contribution >= 4 is 16.3 Å². The number of rotatable bonds is 4. The number of aliphatic hydroxyl groups excluding tert-OH is 1. The molecule has 0 spiro atoms. The van der Waals surface area contributed by atoms with Crippen molar-refractivity contribution in [2.45, 2.75) is 0 Å². The summed E-state index contributed by atoms with van der Waals surface area (Å²) in [7, 11) is 6.16. The minimum Gasteiger partial charge on any atom is -0.391 e. The van der Waals surface area contributed by atoms with Gasteiger partial charge in [-0.05, 0) is 28.5 Å². The van der Waals surface area contributed by atoms with Crippen molar-refractivity contribution in [1.82, 2.24) is 4.98 Å². The molecule has 130 valence electrons. The number of hydrogen-bond donors (Lipinski definition) is 1. The second-order valence-corrected chi connectivity index (χ2v) is 6.96. The van der Waals surface area contributed by atoms with Crippen molar-refractivity contribution in [1.29, 1.82) is 0 Å². The van der Waals surface area contributed by atoms with Crippen LogP contribution in [-0.2, 0) is 0 Å². The third kappa shape index (κ3) is 5.52. The maximum absolute atomic E-state index is 8.39. The first kappa shape index (κ1) is 18.8. The Bertz CT molecular complexity index is 815. The zero-order valence-corrected chi connectivity index (χ0v) is 15.3. The highest BCUT2D eigenvalue weighted by atomic mass is 16.3. The third-order valence-corrected chi connectivity index (χ3v) is 3.86. The van der Waals surface area contributed by atoms with Crippen LogP contribution in [0.1, 0.15) is 11.3 Å². The van der Waals surface area contributed by atoms with Crippen molar-refractivity contribution in [3.05, 3.63) is 84.7 Å². The van der Waals surface area contributed by atoms with Gasteiger partial charge >= 0.3 is 0 Å². The van der Waals surface area contributed by atoms with Crippen molar-refractivity contribution in [2.75, 3.05) is 34.3 Å². The Kier molecular flexibility index (Phi) is 6.45. The highest BCUT2D eigenvalue weighted by molar-refractivity contribution is 5.96. The van der Waals surface area contributed by atoms with Crippen molar-refractivity contribution < 1.29 is 9.59 Å². The lowest BCUT2D eigenvalue weighted by atomic mass is 9.97. The molecule has 0 aliphatic carbocycles. The van der Waals surface area contributed by atoms with Gasteiger partial charge in [0.25, 0.3) is 0 Å². The average molecular weight is 335 g/mol. The van der Waals surface area contributed by atoms with E-state index >= 15 is 0 Å². The van der Waals surface area contributed by atoms with E-state index in [1.54, 1.807) is 6.20 Å². The summed E-state index contributed by atoms with van der Waals surface area (Å²) >= 11 is 0. The van der Waals surface area contributed by atoms with E-state index in [-0.39, 0.29) is 6.61 Å². The molecule has 2 aromatic carbocycles. The Morgan fingerprint density at radius 2 is 1.64 bits per heavy atom. The van der Waals surface area contributed by atoms with Crippen LogP contribution in [0.15, 0.2) is 73.4 Å². The monoisotopic (exact) mass is 335 g/mol. The van der Waals surface area contributed by atoms with E-state index in [2.05, 4.69) is 75.2 Å². The Hall–Kier alpha value is -2.49. The molecule has 3 heteroatoms. The Morgan fingerprint density at radius 1 is 0.960 bits per heavy atom. The zero-order chi connectivity index (χ0) is 18.3. The number of nitrogens with zero attached hydrogens (tertiary/aromatic N) is 2. The van der Waals surface area contributed by atoms with E-state index in [1.807, 2.05) is 18.2 Å². The molecule has 0 amide bonds. The summed E-state index contributed by atoms with van der Waals surface area (Å²) in [6, 6.07) is 20.5. The number of benzene rings is 2. The van der Waals surface area contributed by atoms with Crippen LogP contribution < -0.4 is 0 Å². The minimum absolute atomic E-state index is 0.281. The molecule has 1 aromatic heterocycles. The summed E-state index contributed by atoms with van der Waals surface area (Å²) < 4.78 is 0.844. The quantitative estimate of drug-likeness (QED) is 0.732. The molecule has 3 nitrogen and oxygen atoms in total. The molecular formula is C22H27N2O+. The Morgan fingerprint density at radius 3 is 2.24 bits per heavy atom. The van der Waals surface area contributed by atoms with Gasteiger partial charge in [-0.2, -0.15) is 0 Å². The number of likely N-dealkylation sites (N-methyl/N-ethyl adjacent to an activating group) is 1. The molecule has 0 radical (unpaired) electrons. The second kappa shape index (κ2) is 8.56. The van der Waals surface area contributed by atoms with Crippen molar-refractivity contribution in [2.24, 2.45) is 0 Å². The van der Waals surface area contributed by atoms with Crippen molar-refractivity contribution in [3.8, 4) is 0 Å². The molecule has 0 saturated carbocycles. The number of quaternary nitrogens is 1. The molecule has 0 aliphatic rings. The summed E-state index contributed by atoms with van der Waals surface area (Å²) in [4.78, 5) is 4.36. The largest absolute Gasteiger partial charge is 0.391 e. The van der Waals surface area contributed by atoms with Gasteiger partial charge in [0, 0.05) is 11.8 Å². The van der Waals surface area contributed by atoms with Crippen LogP contribution in [0.3, 0.4) is 0 Å². The van der Waals surface area contributed by atoms with Crippen LogP contribution in [-0.4, -0.2) is 48.9 Å². The predicted molar refractivity (Wildman–Crippen MR) is 106 cm³/mol. The lowest BCUT2D eigenvalue weighted by Crippen LogP contribution is -2.36. The fraction of sp³-hybridized carbons (Fsp3) is 0.227. The van der Waals surface area contributed by atoms with E-state index in [4.69, 9.17) is 5.11 Å². The number of fused-ring (bicyclic) bond motifs is 1. The molecule has 1 heterocycles. The predicted octanol–water partition coefficient (Wildman–Crippen LogP) is 3.98. The Labute approximate surface area is 150 Å². The second-order valence-electron chi connectivity index (χ2n) is 6.96. The molecular weight excluding hydrogens is 308 g/mol. The molecule has 0 bridgehead atoms. The van der Waals surface area contributed by atoms with E-state index in [9.17, 15) is 0 Å². The molecule has 0 atom stereocenters. The number of pyridine rings is 1. The van der Waals surface area contributed by atoms with Gasteiger partial charge in [-0.1, -0.05) is 55.1 Å². The summed E-state index contributed by atoms with van der Waals surface area (Å²) in [5.41, 5.74) is 3.04. The maximum atomic E-state index is 8.39. The first-order valence-corrected chi connectivity index (χ1v) is 8.42. The number of aromatic nitrogens is 1. The van der Waals surface area contributed by atoms with Gasteiger partial charge in [-0.3, -0.25) is 4.98 Å². The molecule has 3 aromatic rings. The third-order valence-electron chi connectivity index (χ3n) is 3.86. The van der Waals surface area contributed by atoms with Crippen molar-refractivity contribution in [3.63, 3.8) is 0 Å².